The van der Waals surface area contributed by atoms with E-state index in [1.54, 1.807) is 0 Å². The third-order valence-electron chi connectivity index (χ3n) is 7.41. The molecular weight excluding hydrogens is 450 g/mol. The summed E-state index contributed by atoms with van der Waals surface area (Å²) in [5.74, 6) is 0. The molecule has 2 saturated carbocycles. The number of ether oxygens (including phenoxy) is 2. The largest absolute Gasteiger partial charge is 0.393 e. The van der Waals surface area contributed by atoms with E-state index in [-0.39, 0.29) is 29.5 Å². The smallest absolute Gasteiger partial charge is 0.112 e. The maximum absolute atomic E-state index is 13.1. The average molecular weight is 479 g/mol. The number of aliphatic hydroxyl groups excluding tert-OH is 1. The van der Waals surface area contributed by atoms with Gasteiger partial charge in [0.05, 0.1) is 17.3 Å². The van der Waals surface area contributed by atoms with Gasteiger partial charge in [0, 0.05) is 10.0 Å². The summed E-state index contributed by atoms with van der Waals surface area (Å²) < 4.78 is 24.7. The van der Waals surface area contributed by atoms with Crippen LogP contribution in [0.2, 0.25) is 10.0 Å². The molecule has 2 aromatic carbocycles. The Labute approximate surface area is 198 Å². The van der Waals surface area contributed by atoms with E-state index in [1.807, 2.05) is 42.5 Å². The van der Waals surface area contributed by atoms with Crippen LogP contribution >= 0.6 is 23.2 Å². The highest BCUT2D eigenvalue weighted by Gasteiger charge is 2.58. The van der Waals surface area contributed by atoms with Gasteiger partial charge in [-0.05, 0) is 86.8 Å². The van der Waals surface area contributed by atoms with Gasteiger partial charge in [0.2, 0.25) is 0 Å². The highest BCUT2D eigenvalue weighted by molar-refractivity contribution is 6.30. The number of epoxide rings is 2. The number of benzene rings is 2. The molecule has 172 valence electrons. The molecule has 2 spiro atoms. The monoisotopic (exact) mass is 478 g/mol. The third-order valence-corrected chi connectivity index (χ3v) is 7.88. The Hall–Kier alpha value is -1.17. The molecule has 4 fully saturated rings. The molecule has 0 bridgehead atoms. The van der Waals surface area contributed by atoms with E-state index >= 15 is 0 Å². The van der Waals surface area contributed by atoms with Crippen LogP contribution in [-0.2, 0) is 9.47 Å². The molecule has 2 heterocycles. The average Bonchev–Trinajstić information content (AvgIpc) is 3.69. The molecule has 3 nitrogen and oxygen atoms in total. The molecule has 1 N–H and O–H groups in total. The Morgan fingerprint density at radius 2 is 1.19 bits per heavy atom. The summed E-state index contributed by atoms with van der Waals surface area (Å²) in [6, 6.07) is 15.7. The summed E-state index contributed by atoms with van der Waals surface area (Å²) >= 11 is 11.9. The van der Waals surface area contributed by atoms with Crippen molar-refractivity contribution in [3.05, 3.63) is 69.7 Å². The maximum Gasteiger partial charge on any atom is 0.112 e. The van der Waals surface area contributed by atoms with Gasteiger partial charge in [-0.3, -0.25) is 0 Å². The highest BCUT2D eigenvalue weighted by Crippen LogP contribution is 2.58. The lowest BCUT2D eigenvalue weighted by Gasteiger charge is -2.23. The third kappa shape index (κ3) is 4.71. The molecule has 2 aliphatic heterocycles. The minimum atomic E-state index is -0.630. The molecule has 0 amide bonds. The zero-order valence-corrected chi connectivity index (χ0v) is 19.5. The van der Waals surface area contributed by atoms with E-state index < -0.39 is 6.17 Å². The van der Waals surface area contributed by atoms with Crippen LogP contribution in [0.1, 0.15) is 74.7 Å². The summed E-state index contributed by atoms with van der Waals surface area (Å²) in [6.45, 7) is 0. The van der Waals surface area contributed by atoms with E-state index in [1.165, 1.54) is 5.56 Å². The van der Waals surface area contributed by atoms with Crippen LogP contribution in [-0.4, -0.2) is 28.6 Å². The summed E-state index contributed by atoms with van der Waals surface area (Å²) in [6.07, 6.45) is 6.16. The van der Waals surface area contributed by atoms with Gasteiger partial charge in [-0.1, -0.05) is 47.5 Å². The van der Waals surface area contributed by atoms with E-state index in [9.17, 15) is 9.50 Å². The Kier molecular flexibility index (Phi) is 6.28. The number of rotatable bonds is 2. The Bertz CT molecular complexity index is 874. The molecule has 6 heteroatoms. The van der Waals surface area contributed by atoms with E-state index in [0.29, 0.717) is 12.8 Å². The van der Waals surface area contributed by atoms with Crippen LogP contribution in [0.5, 0.6) is 0 Å². The van der Waals surface area contributed by atoms with Gasteiger partial charge in [0.1, 0.15) is 18.4 Å². The van der Waals surface area contributed by atoms with Crippen molar-refractivity contribution in [1.82, 2.24) is 0 Å². The number of halogens is 3. The van der Waals surface area contributed by atoms with Crippen LogP contribution in [0.3, 0.4) is 0 Å². The van der Waals surface area contributed by atoms with Crippen LogP contribution in [0.4, 0.5) is 4.39 Å². The van der Waals surface area contributed by atoms with Crippen LogP contribution in [0.25, 0.3) is 0 Å². The molecule has 2 aliphatic carbocycles. The molecule has 0 aromatic heterocycles. The second-order valence-electron chi connectivity index (χ2n) is 9.64. The Balaban J connectivity index is 0.000000135. The van der Waals surface area contributed by atoms with Gasteiger partial charge in [0.15, 0.2) is 0 Å². The molecule has 2 saturated heterocycles. The Morgan fingerprint density at radius 1 is 0.750 bits per heavy atom. The van der Waals surface area contributed by atoms with Crippen molar-refractivity contribution in [2.24, 2.45) is 0 Å². The van der Waals surface area contributed by atoms with Gasteiger partial charge >= 0.3 is 0 Å². The number of alkyl halides is 1. The van der Waals surface area contributed by atoms with Gasteiger partial charge < -0.3 is 14.6 Å². The van der Waals surface area contributed by atoms with Crippen molar-refractivity contribution in [3.8, 4) is 0 Å². The Morgan fingerprint density at radius 3 is 1.62 bits per heavy atom. The SMILES string of the molecule is FC1CCC2(CC1)OC2c1cccc(Cl)c1.OC1CCC2(CC1)OC2c1cccc(Cl)c1. The van der Waals surface area contributed by atoms with Crippen molar-refractivity contribution in [3.63, 3.8) is 0 Å². The quantitative estimate of drug-likeness (QED) is 0.466. The molecule has 2 aromatic rings. The summed E-state index contributed by atoms with van der Waals surface area (Å²) in [4.78, 5) is 0. The predicted octanol–water partition coefficient (Wildman–Crippen LogP) is 7.15. The van der Waals surface area contributed by atoms with Crippen molar-refractivity contribution >= 4 is 23.2 Å². The first-order chi connectivity index (χ1) is 15.4. The first kappa shape index (κ1) is 22.6. The number of hydrogen-bond acceptors (Lipinski definition) is 3. The van der Waals surface area contributed by atoms with Crippen LogP contribution < -0.4 is 0 Å². The first-order valence-corrected chi connectivity index (χ1v) is 12.3. The van der Waals surface area contributed by atoms with Crippen LogP contribution in [0.15, 0.2) is 48.5 Å². The second-order valence-corrected chi connectivity index (χ2v) is 10.5. The maximum atomic E-state index is 13.1. The highest BCUT2D eigenvalue weighted by atomic mass is 35.5. The standard InChI is InChI=1S/C13H14ClFO.C13H15ClO2/c2*14-10-3-1-2-9(8-10)12-13(16-12)6-4-11(15)5-7-13/h1-3,8,11-12H,4-7H2;1-3,8,11-12,15H,4-7H2. The molecule has 32 heavy (non-hydrogen) atoms. The summed E-state index contributed by atoms with van der Waals surface area (Å²) in [7, 11) is 0. The summed E-state index contributed by atoms with van der Waals surface area (Å²) in [5, 5.41) is 11.0. The summed E-state index contributed by atoms with van der Waals surface area (Å²) in [5.41, 5.74) is 2.23. The zero-order chi connectivity index (χ0) is 22.3. The molecule has 6 rings (SSSR count). The fraction of sp³-hybridized carbons (Fsp3) is 0.538. The molecule has 2 unspecified atom stereocenters. The normalized spacial score (nSPS) is 37.6. The lowest BCUT2D eigenvalue weighted by atomic mass is 9.83. The van der Waals surface area contributed by atoms with E-state index in [4.69, 9.17) is 32.7 Å². The van der Waals surface area contributed by atoms with Gasteiger partial charge in [0.25, 0.3) is 0 Å². The van der Waals surface area contributed by atoms with Crippen LogP contribution in [0, 0.1) is 0 Å². The van der Waals surface area contributed by atoms with Crippen molar-refractivity contribution in [1.29, 1.82) is 0 Å². The topological polar surface area (TPSA) is 45.3 Å². The first-order valence-electron chi connectivity index (χ1n) is 11.6. The molecular formula is C26H29Cl2FO3. The number of hydrogen-bond donors (Lipinski definition) is 1. The van der Waals surface area contributed by atoms with Gasteiger partial charge in [-0.15, -0.1) is 0 Å². The minimum Gasteiger partial charge on any atom is -0.393 e. The number of aliphatic hydroxyl groups is 1. The van der Waals surface area contributed by atoms with E-state index in [2.05, 4.69) is 6.07 Å². The molecule has 0 radical (unpaired) electrons. The van der Waals surface area contributed by atoms with Crippen molar-refractivity contribution in [2.75, 3.05) is 0 Å². The second kappa shape index (κ2) is 8.88. The minimum absolute atomic E-state index is 0.00388. The zero-order valence-electron chi connectivity index (χ0n) is 18.0. The fourth-order valence-electron chi connectivity index (χ4n) is 5.41. The lowest BCUT2D eigenvalue weighted by Crippen LogP contribution is -2.25. The van der Waals surface area contributed by atoms with Gasteiger partial charge in [-0.25, -0.2) is 4.39 Å². The van der Waals surface area contributed by atoms with Crippen molar-refractivity contribution in [2.45, 2.75) is 87.1 Å². The van der Waals surface area contributed by atoms with E-state index in [0.717, 1.165) is 54.1 Å². The predicted molar refractivity (Wildman–Crippen MR) is 124 cm³/mol. The fourth-order valence-corrected chi connectivity index (χ4v) is 5.80. The van der Waals surface area contributed by atoms with Gasteiger partial charge in [-0.2, -0.15) is 0 Å². The van der Waals surface area contributed by atoms with Crippen molar-refractivity contribution < 1.29 is 19.0 Å². The molecule has 2 atom stereocenters. The lowest BCUT2D eigenvalue weighted by molar-refractivity contribution is 0.0921. The molecule has 4 aliphatic rings.